The largest absolute Gasteiger partial charge is 0.416 e. The van der Waals surface area contributed by atoms with Gasteiger partial charge in [-0.2, -0.15) is 13.2 Å². The van der Waals surface area contributed by atoms with Gasteiger partial charge >= 0.3 is 6.18 Å². The van der Waals surface area contributed by atoms with Crippen molar-refractivity contribution in [2.24, 2.45) is 5.16 Å². The Hall–Kier alpha value is -2.30. The van der Waals surface area contributed by atoms with Crippen LogP contribution in [0.5, 0.6) is 0 Å². The van der Waals surface area contributed by atoms with Crippen LogP contribution in [0.3, 0.4) is 0 Å². The SMILES string of the molecule is FC(F)(F)c1ccccc1CON=Cc1ccccc1. The van der Waals surface area contributed by atoms with Gasteiger partial charge in [0.25, 0.3) is 0 Å². The van der Waals surface area contributed by atoms with Crippen LogP contribution in [0.2, 0.25) is 0 Å². The summed E-state index contributed by atoms with van der Waals surface area (Å²) in [5, 5.41) is 3.67. The molecule has 2 aromatic carbocycles. The Bertz CT molecular complexity index is 579. The van der Waals surface area contributed by atoms with Gasteiger partial charge < -0.3 is 4.84 Å². The monoisotopic (exact) mass is 279 g/mol. The first-order valence-corrected chi connectivity index (χ1v) is 5.93. The molecule has 0 amide bonds. The summed E-state index contributed by atoms with van der Waals surface area (Å²) in [6.07, 6.45) is -2.93. The van der Waals surface area contributed by atoms with Crippen LogP contribution in [-0.4, -0.2) is 6.21 Å². The molecule has 0 saturated heterocycles. The zero-order valence-corrected chi connectivity index (χ0v) is 10.5. The molecule has 0 aliphatic carbocycles. The second kappa shape index (κ2) is 6.23. The Morgan fingerprint density at radius 1 is 0.950 bits per heavy atom. The van der Waals surface area contributed by atoms with Gasteiger partial charge in [0.15, 0.2) is 0 Å². The molecule has 0 aliphatic rings. The summed E-state index contributed by atoms with van der Waals surface area (Å²) in [6, 6.07) is 14.4. The zero-order valence-electron chi connectivity index (χ0n) is 10.5. The van der Waals surface area contributed by atoms with E-state index in [9.17, 15) is 13.2 Å². The normalized spacial score (nSPS) is 11.8. The smallest absolute Gasteiger partial charge is 0.391 e. The number of halogens is 3. The maximum Gasteiger partial charge on any atom is 0.416 e. The molecule has 5 heteroatoms. The molecule has 2 nitrogen and oxygen atoms in total. The van der Waals surface area contributed by atoms with E-state index in [1.807, 2.05) is 30.3 Å². The van der Waals surface area contributed by atoms with E-state index in [0.717, 1.165) is 11.6 Å². The average Bonchev–Trinajstić information content (AvgIpc) is 2.44. The molecule has 104 valence electrons. The van der Waals surface area contributed by atoms with E-state index < -0.39 is 11.7 Å². The van der Waals surface area contributed by atoms with Crippen molar-refractivity contribution in [1.29, 1.82) is 0 Å². The molecule has 0 aliphatic heterocycles. The maximum atomic E-state index is 12.7. The van der Waals surface area contributed by atoms with Crippen LogP contribution in [0.1, 0.15) is 16.7 Å². The molecule has 2 rings (SSSR count). The van der Waals surface area contributed by atoms with Crippen molar-refractivity contribution in [2.75, 3.05) is 0 Å². The van der Waals surface area contributed by atoms with Crippen molar-refractivity contribution in [3.05, 3.63) is 71.3 Å². The van der Waals surface area contributed by atoms with Crippen LogP contribution in [0.15, 0.2) is 59.8 Å². The first kappa shape index (κ1) is 14.1. The van der Waals surface area contributed by atoms with Gasteiger partial charge in [-0.3, -0.25) is 0 Å². The zero-order chi connectivity index (χ0) is 14.4. The number of hydrogen-bond acceptors (Lipinski definition) is 2. The van der Waals surface area contributed by atoms with Crippen molar-refractivity contribution >= 4 is 6.21 Å². The fourth-order valence-corrected chi connectivity index (χ4v) is 1.67. The van der Waals surface area contributed by atoms with Crippen molar-refractivity contribution in [3.8, 4) is 0 Å². The third-order valence-corrected chi connectivity index (χ3v) is 2.62. The second-order valence-electron chi connectivity index (χ2n) is 4.07. The predicted molar refractivity (Wildman–Crippen MR) is 70.3 cm³/mol. The van der Waals surface area contributed by atoms with Crippen LogP contribution >= 0.6 is 0 Å². The van der Waals surface area contributed by atoms with E-state index in [0.29, 0.717) is 0 Å². The van der Waals surface area contributed by atoms with Gasteiger partial charge in [0.05, 0.1) is 11.8 Å². The van der Waals surface area contributed by atoms with E-state index in [1.165, 1.54) is 24.4 Å². The molecule has 0 atom stereocenters. The van der Waals surface area contributed by atoms with E-state index in [4.69, 9.17) is 4.84 Å². The molecule has 2 aromatic rings. The lowest BCUT2D eigenvalue weighted by Gasteiger charge is -2.11. The number of oxime groups is 1. The number of hydrogen-bond donors (Lipinski definition) is 0. The molecular formula is C15H12F3NO. The molecular weight excluding hydrogens is 267 g/mol. The standard InChI is InChI=1S/C15H12F3NO/c16-15(17,18)14-9-5-4-8-13(14)11-20-19-10-12-6-2-1-3-7-12/h1-10H,11H2. The first-order chi connectivity index (χ1) is 9.57. The number of benzene rings is 2. The van der Waals surface area contributed by atoms with Crippen molar-refractivity contribution in [2.45, 2.75) is 12.8 Å². The average molecular weight is 279 g/mol. The van der Waals surface area contributed by atoms with Gasteiger partial charge in [-0.1, -0.05) is 53.7 Å². The predicted octanol–water partition coefficient (Wildman–Crippen LogP) is 4.26. The fourth-order valence-electron chi connectivity index (χ4n) is 1.67. The third kappa shape index (κ3) is 3.85. The molecule has 0 fully saturated rings. The lowest BCUT2D eigenvalue weighted by molar-refractivity contribution is -0.138. The van der Waals surface area contributed by atoms with Gasteiger partial charge in [0.2, 0.25) is 0 Å². The van der Waals surface area contributed by atoms with Crippen molar-refractivity contribution in [3.63, 3.8) is 0 Å². The lowest BCUT2D eigenvalue weighted by atomic mass is 10.1. The highest BCUT2D eigenvalue weighted by Crippen LogP contribution is 2.32. The Balaban J connectivity index is 2.00. The summed E-state index contributed by atoms with van der Waals surface area (Å²) >= 11 is 0. The van der Waals surface area contributed by atoms with Crippen LogP contribution in [0.25, 0.3) is 0 Å². The van der Waals surface area contributed by atoms with E-state index >= 15 is 0 Å². The van der Waals surface area contributed by atoms with E-state index in [-0.39, 0.29) is 12.2 Å². The van der Waals surface area contributed by atoms with Crippen LogP contribution in [-0.2, 0) is 17.6 Å². The summed E-state index contributed by atoms with van der Waals surface area (Å²) in [7, 11) is 0. The molecule has 0 spiro atoms. The van der Waals surface area contributed by atoms with Crippen molar-refractivity contribution < 1.29 is 18.0 Å². The molecule has 0 radical (unpaired) electrons. The van der Waals surface area contributed by atoms with Crippen LogP contribution < -0.4 is 0 Å². The summed E-state index contributed by atoms with van der Waals surface area (Å²) in [4.78, 5) is 4.93. The molecule has 0 heterocycles. The highest BCUT2D eigenvalue weighted by atomic mass is 19.4. The maximum absolute atomic E-state index is 12.7. The summed E-state index contributed by atoms with van der Waals surface area (Å²) in [5.74, 6) is 0. The third-order valence-electron chi connectivity index (χ3n) is 2.62. The molecule has 0 bridgehead atoms. The van der Waals surface area contributed by atoms with Gasteiger partial charge in [0.1, 0.15) is 6.61 Å². The minimum absolute atomic E-state index is 0.0604. The number of alkyl halides is 3. The summed E-state index contributed by atoms with van der Waals surface area (Å²) in [5.41, 5.74) is 0.178. The molecule has 0 aromatic heterocycles. The van der Waals surface area contributed by atoms with Crippen molar-refractivity contribution in [1.82, 2.24) is 0 Å². The highest BCUT2D eigenvalue weighted by molar-refractivity contribution is 5.78. The molecule has 20 heavy (non-hydrogen) atoms. The number of rotatable bonds is 4. The molecule has 0 unspecified atom stereocenters. The first-order valence-electron chi connectivity index (χ1n) is 5.93. The van der Waals surface area contributed by atoms with E-state index in [1.54, 1.807) is 0 Å². The minimum Gasteiger partial charge on any atom is -0.391 e. The van der Waals surface area contributed by atoms with E-state index in [2.05, 4.69) is 5.16 Å². The fraction of sp³-hybridized carbons (Fsp3) is 0.133. The summed E-state index contributed by atoms with van der Waals surface area (Å²) in [6.45, 7) is -0.223. The van der Waals surface area contributed by atoms with Crippen LogP contribution in [0, 0.1) is 0 Å². The Morgan fingerprint density at radius 3 is 2.30 bits per heavy atom. The minimum atomic E-state index is -4.39. The van der Waals surface area contributed by atoms with Gasteiger partial charge in [-0.15, -0.1) is 0 Å². The molecule has 0 saturated carbocycles. The quantitative estimate of drug-likeness (QED) is 0.605. The number of nitrogens with zero attached hydrogens (tertiary/aromatic N) is 1. The highest BCUT2D eigenvalue weighted by Gasteiger charge is 2.32. The Morgan fingerprint density at radius 2 is 1.60 bits per heavy atom. The Labute approximate surface area is 114 Å². The second-order valence-corrected chi connectivity index (χ2v) is 4.07. The molecule has 0 N–H and O–H groups in total. The summed E-state index contributed by atoms with van der Waals surface area (Å²) < 4.78 is 38.2. The lowest BCUT2D eigenvalue weighted by Crippen LogP contribution is -2.09. The van der Waals surface area contributed by atoms with Gasteiger partial charge in [-0.05, 0) is 11.6 Å². The Kier molecular flexibility index (Phi) is 4.40. The topological polar surface area (TPSA) is 21.6 Å². The van der Waals surface area contributed by atoms with Crippen LogP contribution in [0.4, 0.5) is 13.2 Å². The van der Waals surface area contributed by atoms with Gasteiger partial charge in [-0.25, -0.2) is 0 Å². The van der Waals surface area contributed by atoms with Gasteiger partial charge in [0, 0.05) is 5.56 Å².